The number of hydrogen-bond donors (Lipinski definition) is 0. The van der Waals surface area contributed by atoms with E-state index in [0.29, 0.717) is 0 Å². The van der Waals surface area contributed by atoms with Gasteiger partial charge in [0.1, 0.15) is 0 Å². The van der Waals surface area contributed by atoms with Crippen LogP contribution in [-0.2, 0) is 6.42 Å². The number of rotatable bonds is 1. The fourth-order valence-electron chi connectivity index (χ4n) is 1.08. The molecule has 56 valence electrons. The van der Waals surface area contributed by atoms with Crippen LogP contribution < -0.4 is 0 Å². The average molecular weight is 163 g/mol. The molecule has 2 rings (SSSR count). The van der Waals surface area contributed by atoms with E-state index in [4.69, 9.17) is 0 Å². The van der Waals surface area contributed by atoms with Gasteiger partial charge in [-0.15, -0.1) is 11.3 Å². The Bertz CT molecular complexity index is 364. The largest absolute Gasteiger partial charge is 0.255 e. The molecule has 11 heavy (non-hydrogen) atoms. The number of fused-ring (bicyclic) bond motifs is 1. The van der Waals surface area contributed by atoms with Crippen LogP contribution in [-0.4, -0.2) is 4.98 Å². The molecule has 2 aromatic rings. The Morgan fingerprint density at radius 1 is 1.55 bits per heavy atom. The monoisotopic (exact) mass is 163 g/mol. The van der Waals surface area contributed by atoms with Crippen molar-refractivity contribution in [2.24, 2.45) is 0 Å². The molecule has 0 aromatic carbocycles. The van der Waals surface area contributed by atoms with E-state index in [-0.39, 0.29) is 0 Å². The van der Waals surface area contributed by atoms with Gasteiger partial charge in [-0.1, -0.05) is 6.92 Å². The van der Waals surface area contributed by atoms with Crippen molar-refractivity contribution in [1.29, 1.82) is 0 Å². The Balaban J connectivity index is 2.67. The van der Waals surface area contributed by atoms with Gasteiger partial charge in [-0.05, 0) is 29.5 Å². The molecule has 0 unspecified atom stereocenters. The predicted molar refractivity (Wildman–Crippen MR) is 49.0 cm³/mol. The Hall–Kier alpha value is -0.890. The van der Waals surface area contributed by atoms with E-state index in [1.165, 1.54) is 10.3 Å². The molecule has 2 heteroatoms. The second-order valence-electron chi connectivity index (χ2n) is 2.50. The molecule has 0 bridgehead atoms. The molecule has 0 aliphatic rings. The number of aromatic nitrogens is 1. The van der Waals surface area contributed by atoms with Gasteiger partial charge in [0.15, 0.2) is 0 Å². The van der Waals surface area contributed by atoms with Gasteiger partial charge in [0.25, 0.3) is 0 Å². The summed E-state index contributed by atoms with van der Waals surface area (Å²) in [6.45, 7) is 2.15. The first-order chi connectivity index (χ1) is 5.40. The first-order valence-corrected chi connectivity index (χ1v) is 4.60. The van der Waals surface area contributed by atoms with Crippen molar-refractivity contribution in [3.63, 3.8) is 0 Å². The van der Waals surface area contributed by atoms with E-state index in [2.05, 4.69) is 29.4 Å². The van der Waals surface area contributed by atoms with Gasteiger partial charge in [0.05, 0.1) is 10.2 Å². The molecule has 0 saturated carbocycles. The van der Waals surface area contributed by atoms with E-state index < -0.39 is 0 Å². The van der Waals surface area contributed by atoms with Crippen LogP contribution in [0.5, 0.6) is 0 Å². The van der Waals surface area contributed by atoms with Gasteiger partial charge in [0, 0.05) is 6.20 Å². The number of pyridine rings is 1. The number of thiophene rings is 1. The molecular formula is C9H9NS. The molecule has 1 nitrogen and oxygen atoms in total. The van der Waals surface area contributed by atoms with Crippen LogP contribution in [0.15, 0.2) is 23.7 Å². The third kappa shape index (κ3) is 1.14. The van der Waals surface area contributed by atoms with E-state index in [1.807, 2.05) is 6.20 Å². The summed E-state index contributed by atoms with van der Waals surface area (Å²) in [6, 6.07) is 4.27. The summed E-state index contributed by atoms with van der Waals surface area (Å²) in [4.78, 5) is 4.32. The van der Waals surface area contributed by atoms with E-state index >= 15 is 0 Å². The van der Waals surface area contributed by atoms with Crippen molar-refractivity contribution in [3.05, 3.63) is 29.3 Å². The van der Waals surface area contributed by atoms with E-state index in [9.17, 15) is 0 Å². The fourth-order valence-corrected chi connectivity index (χ4v) is 1.88. The van der Waals surface area contributed by atoms with Gasteiger partial charge < -0.3 is 0 Å². The zero-order valence-electron chi connectivity index (χ0n) is 6.37. The molecule has 0 radical (unpaired) electrons. The normalized spacial score (nSPS) is 10.6. The summed E-state index contributed by atoms with van der Waals surface area (Å²) in [5.74, 6) is 0. The molecular weight excluding hydrogens is 154 g/mol. The van der Waals surface area contributed by atoms with Crippen molar-refractivity contribution < 1.29 is 0 Å². The smallest absolute Gasteiger partial charge is 0.0809 e. The maximum absolute atomic E-state index is 4.32. The Labute approximate surface area is 69.7 Å². The molecule has 0 aliphatic heterocycles. The summed E-state index contributed by atoms with van der Waals surface area (Å²) < 4.78 is 1.30. The highest BCUT2D eigenvalue weighted by molar-refractivity contribution is 7.17. The standard InChI is InChI=1S/C9H9NS/c1-2-7-5-9-8(10-6-7)3-4-11-9/h3-6H,2H2,1H3. The van der Waals surface area contributed by atoms with Crippen LogP contribution in [0.25, 0.3) is 10.2 Å². The van der Waals surface area contributed by atoms with Crippen LogP contribution in [0.1, 0.15) is 12.5 Å². The first kappa shape index (κ1) is 6.80. The fraction of sp³-hybridized carbons (Fsp3) is 0.222. The van der Waals surface area contributed by atoms with Crippen LogP contribution in [0.2, 0.25) is 0 Å². The van der Waals surface area contributed by atoms with Crippen LogP contribution in [0.3, 0.4) is 0 Å². The topological polar surface area (TPSA) is 12.9 Å². The highest BCUT2D eigenvalue weighted by atomic mass is 32.1. The van der Waals surface area contributed by atoms with Gasteiger partial charge in [0.2, 0.25) is 0 Å². The molecule has 2 heterocycles. The predicted octanol–water partition coefficient (Wildman–Crippen LogP) is 2.86. The minimum atomic E-state index is 1.07. The number of aryl methyl sites for hydroxylation is 1. The van der Waals surface area contributed by atoms with Gasteiger partial charge >= 0.3 is 0 Å². The molecule has 0 aliphatic carbocycles. The lowest BCUT2D eigenvalue weighted by Gasteiger charge is -1.93. The van der Waals surface area contributed by atoms with Crippen molar-refractivity contribution in [2.75, 3.05) is 0 Å². The third-order valence-electron chi connectivity index (χ3n) is 1.77. The van der Waals surface area contributed by atoms with Crippen molar-refractivity contribution in [1.82, 2.24) is 4.98 Å². The second-order valence-corrected chi connectivity index (χ2v) is 3.45. The average Bonchev–Trinajstić information content (AvgIpc) is 2.50. The maximum Gasteiger partial charge on any atom is 0.0809 e. The minimum absolute atomic E-state index is 1.07. The van der Waals surface area contributed by atoms with Crippen LogP contribution in [0, 0.1) is 0 Å². The Morgan fingerprint density at radius 3 is 3.27 bits per heavy atom. The van der Waals surface area contributed by atoms with E-state index in [1.54, 1.807) is 11.3 Å². The number of hydrogen-bond acceptors (Lipinski definition) is 2. The summed E-state index contributed by atoms with van der Waals surface area (Å²) in [5, 5.41) is 2.08. The maximum atomic E-state index is 4.32. The zero-order valence-corrected chi connectivity index (χ0v) is 7.19. The SMILES string of the molecule is CCc1cnc2ccsc2c1. The molecule has 2 aromatic heterocycles. The summed E-state index contributed by atoms with van der Waals surface area (Å²) in [6.07, 6.45) is 3.02. The minimum Gasteiger partial charge on any atom is -0.255 e. The molecule has 0 saturated heterocycles. The van der Waals surface area contributed by atoms with Crippen LogP contribution in [0.4, 0.5) is 0 Å². The van der Waals surface area contributed by atoms with Crippen molar-refractivity contribution >= 4 is 21.6 Å². The van der Waals surface area contributed by atoms with Gasteiger partial charge in [-0.2, -0.15) is 0 Å². The number of nitrogens with zero attached hydrogens (tertiary/aromatic N) is 1. The van der Waals surface area contributed by atoms with Crippen molar-refractivity contribution in [3.8, 4) is 0 Å². The van der Waals surface area contributed by atoms with Gasteiger partial charge in [-0.3, -0.25) is 4.98 Å². The Morgan fingerprint density at radius 2 is 2.45 bits per heavy atom. The molecule has 0 atom stereocenters. The lowest BCUT2D eigenvalue weighted by molar-refractivity contribution is 1.12. The zero-order chi connectivity index (χ0) is 7.68. The van der Waals surface area contributed by atoms with Crippen LogP contribution >= 0.6 is 11.3 Å². The Kier molecular flexibility index (Phi) is 1.62. The molecule has 0 N–H and O–H groups in total. The highest BCUT2D eigenvalue weighted by Gasteiger charge is 1.95. The summed E-state index contributed by atoms with van der Waals surface area (Å²) in [7, 11) is 0. The lowest BCUT2D eigenvalue weighted by atomic mass is 10.2. The summed E-state index contributed by atoms with van der Waals surface area (Å²) >= 11 is 1.75. The van der Waals surface area contributed by atoms with E-state index in [0.717, 1.165) is 11.9 Å². The molecule has 0 spiro atoms. The molecule has 0 amide bonds. The lowest BCUT2D eigenvalue weighted by Crippen LogP contribution is -1.80. The third-order valence-corrected chi connectivity index (χ3v) is 2.62. The van der Waals surface area contributed by atoms with Crippen molar-refractivity contribution in [2.45, 2.75) is 13.3 Å². The quantitative estimate of drug-likeness (QED) is 0.630. The first-order valence-electron chi connectivity index (χ1n) is 3.72. The molecule has 0 fully saturated rings. The highest BCUT2D eigenvalue weighted by Crippen LogP contribution is 2.19. The van der Waals surface area contributed by atoms with Gasteiger partial charge in [-0.25, -0.2) is 0 Å². The summed E-state index contributed by atoms with van der Waals surface area (Å²) in [5.41, 5.74) is 2.44. The second kappa shape index (κ2) is 2.62.